The fraction of sp³-hybridized carbons (Fsp3) is 0.200. The summed E-state index contributed by atoms with van der Waals surface area (Å²) in [5.74, 6) is 1.48. The predicted octanol–water partition coefficient (Wildman–Crippen LogP) is 1.88. The summed E-state index contributed by atoms with van der Waals surface area (Å²) < 4.78 is 6.65. The second-order valence-corrected chi connectivity index (χ2v) is 4.95. The van der Waals surface area contributed by atoms with E-state index in [0.717, 1.165) is 17.7 Å². The van der Waals surface area contributed by atoms with Crippen molar-refractivity contribution in [1.82, 2.24) is 19.6 Å². The van der Waals surface area contributed by atoms with Crippen molar-refractivity contribution in [3.8, 4) is 5.75 Å². The number of nitrogens with zero attached hydrogens (tertiary/aromatic N) is 4. The number of rotatable bonds is 6. The lowest BCUT2D eigenvalue weighted by molar-refractivity contribution is 0.209. The summed E-state index contributed by atoms with van der Waals surface area (Å²) in [4.78, 5) is 15.0. The molecule has 0 unspecified atom stereocenters. The Kier molecular flexibility index (Phi) is 4.41. The summed E-state index contributed by atoms with van der Waals surface area (Å²) in [5.41, 5.74) is 1.61. The Balaban J connectivity index is 1.68. The molecule has 2 aromatic heterocycles. The first-order chi connectivity index (χ1) is 11.7. The Morgan fingerprint density at radius 2 is 2.08 bits per heavy atom. The van der Waals surface area contributed by atoms with Gasteiger partial charge in [0.2, 0.25) is 11.6 Å². The highest BCUT2D eigenvalue weighted by molar-refractivity contribution is 5.81. The summed E-state index contributed by atoms with van der Waals surface area (Å²) in [7, 11) is 1.63. The SMILES string of the molecule is COc1ccc(CCNc2nccn3c(NC(=O)O)nnc23)cc1. The van der Waals surface area contributed by atoms with Crippen LogP contribution in [0.15, 0.2) is 36.7 Å². The molecule has 3 N–H and O–H groups in total. The maximum atomic E-state index is 10.7. The normalized spacial score (nSPS) is 10.5. The summed E-state index contributed by atoms with van der Waals surface area (Å²) >= 11 is 0. The third-order valence-electron chi connectivity index (χ3n) is 3.41. The van der Waals surface area contributed by atoms with E-state index in [1.807, 2.05) is 24.3 Å². The topological polar surface area (TPSA) is 114 Å². The summed E-state index contributed by atoms with van der Waals surface area (Å²) in [6, 6.07) is 7.83. The van der Waals surface area contributed by atoms with Crippen LogP contribution in [0.5, 0.6) is 5.75 Å². The van der Waals surface area contributed by atoms with Crippen LogP contribution in [0.2, 0.25) is 0 Å². The predicted molar refractivity (Wildman–Crippen MR) is 87.6 cm³/mol. The Morgan fingerprint density at radius 1 is 1.29 bits per heavy atom. The molecule has 0 radical (unpaired) electrons. The largest absolute Gasteiger partial charge is 0.497 e. The molecule has 0 spiro atoms. The summed E-state index contributed by atoms with van der Waals surface area (Å²) in [5, 5.41) is 21.9. The fourth-order valence-electron chi connectivity index (χ4n) is 2.25. The van der Waals surface area contributed by atoms with Gasteiger partial charge in [0.25, 0.3) is 0 Å². The van der Waals surface area contributed by atoms with E-state index in [1.165, 1.54) is 4.40 Å². The van der Waals surface area contributed by atoms with Crippen molar-refractivity contribution >= 4 is 23.5 Å². The molecular weight excluding hydrogens is 312 g/mol. The van der Waals surface area contributed by atoms with Crippen molar-refractivity contribution in [1.29, 1.82) is 0 Å². The van der Waals surface area contributed by atoms with Gasteiger partial charge in [-0.1, -0.05) is 12.1 Å². The first-order valence-corrected chi connectivity index (χ1v) is 7.24. The van der Waals surface area contributed by atoms with Crippen molar-refractivity contribution < 1.29 is 14.6 Å². The highest BCUT2D eigenvalue weighted by Gasteiger charge is 2.11. The van der Waals surface area contributed by atoms with Crippen molar-refractivity contribution in [3.63, 3.8) is 0 Å². The fourth-order valence-corrected chi connectivity index (χ4v) is 2.25. The number of methoxy groups -OCH3 is 1. The Bertz CT molecular complexity index is 846. The van der Waals surface area contributed by atoms with E-state index in [4.69, 9.17) is 9.84 Å². The van der Waals surface area contributed by atoms with Gasteiger partial charge in [-0.3, -0.25) is 9.72 Å². The van der Waals surface area contributed by atoms with Gasteiger partial charge in [-0.05, 0) is 24.1 Å². The molecule has 0 saturated carbocycles. The molecule has 1 amide bonds. The maximum absolute atomic E-state index is 10.7. The van der Waals surface area contributed by atoms with E-state index in [0.29, 0.717) is 18.0 Å². The number of hydrogen-bond acceptors (Lipinski definition) is 6. The molecule has 0 fully saturated rings. The zero-order valence-electron chi connectivity index (χ0n) is 12.9. The highest BCUT2D eigenvalue weighted by Crippen LogP contribution is 2.16. The second-order valence-electron chi connectivity index (χ2n) is 4.95. The molecule has 3 aromatic rings. The monoisotopic (exact) mass is 328 g/mol. The minimum Gasteiger partial charge on any atom is -0.497 e. The summed E-state index contributed by atoms with van der Waals surface area (Å²) in [6.45, 7) is 0.646. The molecule has 0 aliphatic carbocycles. The van der Waals surface area contributed by atoms with Gasteiger partial charge in [0.15, 0.2) is 5.82 Å². The van der Waals surface area contributed by atoms with E-state index in [-0.39, 0.29) is 5.95 Å². The van der Waals surface area contributed by atoms with Gasteiger partial charge in [0.1, 0.15) is 5.75 Å². The lowest BCUT2D eigenvalue weighted by Gasteiger charge is -2.07. The quantitative estimate of drug-likeness (QED) is 0.633. The van der Waals surface area contributed by atoms with Crippen LogP contribution in [-0.4, -0.2) is 44.4 Å². The first-order valence-electron chi connectivity index (χ1n) is 7.24. The minimum atomic E-state index is -1.20. The number of aromatic nitrogens is 4. The zero-order chi connectivity index (χ0) is 16.9. The molecule has 24 heavy (non-hydrogen) atoms. The van der Waals surface area contributed by atoms with Crippen LogP contribution in [0.1, 0.15) is 5.56 Å². The molecule has 2 heterocycles. The van der Waals surface area contributed by atoms with Crippen LogP contribution < -0.4 is 15.4 Å². The van der Waals surface area contributed by atoms with Crippen LogP contribution in [0.4, 0.5) is 16.6 Å². The van der Waals surface area contributed by atoms with Crippen LogP contribution >= 0.6 is 0 Å². The lowest BCUT2D eigenvalue weighted by Crippen LogP contribution is -2.11. The Labute approximate surface area is 137 Å². The van der Waals surface area contributed by atoms with Gasteiger partial charge < -0.3 is 15.2 Å². The molecule has 0 aliphatic heterocycles. The number of hydrogen-bond donors (Lipinski definition) is 3. The van der Waals surface area contributed by atoms with E-state index in [2.05, 4.69) is 25.8 Å². The van der Waals surface area contributed by atoms with Crippen molar-refractivity contribution in [2.75, 3.05) is 24.3 Å². The van der Waals surface area contributed by atoms with E-state index >= 15 is 0 Å². The van der Waals surface area contributed by atoms with Gasteiger partial charge >= 0.3 is 6.09 Å². The number of nitrogens with one attached hydrogen (secondary N) is 2. The van der Waals surface area contributed by atoms with Crippen molar-refractivity contribution in [2.24, 2.45) is 0 Å². The highest BCUT2D eigenvalue weighted by atomic mass is 16.5. The van der Waals surface area contributed by atoms with E-state index < -0.39 is 6.09 Å². The van der Waals surface area contributed by atoms with Crippen molar-refractivity contribution in [2.45, 2.75) is 6.42 Å². The molecule has 0 saturated heterocycles. The Morgan fingerprint density at radius 3 is 2.79 bits per heavy atom. The molecule has 0 bridgehead atoms. The van der Waals surface area contributed by atoms with Gasteiger partial charge in [-0.2, -0.15) is 0 Å². The number of amides is 1. The maximum Gasteiger partial charge on any atom is 0.411 e. The average molecular weight is 328 g/mol. The first kappa shape index (κ1) is 15.5. The van der Waals surface area contributed by atoms with E-state index in [9.17, 15) is 4.79 Å². The lowest BCUT2D eigenvalue weighted by atomic mass is 10.1. The molecule has 0 aliphatic rings. The third kappa shape index (κ3) is 3.35. The summed E-state index contributed by atoms with van der Waals surface area (Å²) in [6.07, 6.45) is 2.74. The van der Waals surface area contributed by atoms with Crippen LogP contribution in [0.25, 0.3) is 5.65 Å². The molecule has 1 aromatic carbocycles. The van der Waals surface area contributed by atoms with Gasteiger partial charge in [0.05, 0.1) is 7.11 Å². The standard InChI is InChI=1S/C15H16N6O3/c1-24-11-4-2-10(3-5-11)6-7-16-12-13-19-20-14(18-15(22)23)21(13)9-8-17-12/h2-5,8-9H,6-7H2,1H3,(H,16,17)(H,18,20)(H,22,23). The number of benzene rings is 1. The molecular formula is C15H16N6O3. The third-order valence-corrected chi connectivity index (χ3v) is 3.41. The van der Waals surface area contributed by atoms with Crippen LogP contribution in [0.3, 0.4) is 0 Å². The van der Waals surface area contributed by atoms with Gasteiger partial charge in [-0.25, -0.2) is 9.78 Å². The smallest absolute Gasteiger partial charge is 0.411 e. The van der Waals surface area contributed by atoms with Gasteiger partial charge in [0, 0.05) is 18.9 Å². The number of fused-ring (bicyclic) bond motifs is 1. The van der Waals surface area contributed by atoms with Gasteiger partial charge in [-0.15, -0.1) is 10.2 Å². The number of anilines is 2. The van der Waals surface area contributed by atoms with Crippen LogP contribution in [-0.2, 0) is 6.42 Å². The average Bonchev–Trinajstić information content (AvgIpc) is 2.99. The molecule has 3 rings (SSSR count). The molecule has 9 nitrogen and oxygen atoms in total. The molecule has 0 atom stereocenters. The van der Waals surface area contributed by atoms with E-state index in [1.54, 1.807) is 19.5 Å². The molecule has 124 valence electrons. The van der Waals surface area contributed by atoms with Crippen molar-refractivity contribution in [3.05, 3.63) is 42.2 Å². The molecule has 9 heteroatoms. The zero-order valence-corrected chi connectivity index (χ0v) is 12.9. The number of carbonyl (C=O) groups is 1. The number of ether oxygens (including phenoxy) is 1. The van der Waals surface area contributed by atoms with Crippen LogP contribution in [0, 0.1) is 0 Å². The minimum absolute atomic E-state index is 0.123. The Hall–Kier alpha value is -3.36. The second kappa shape index (κ2) is 6.82. The number of carboxylic acid groups (broad SMARTS) is 1.